The fraction of sp³-hybridized carbons (Fsp3) is 0.440. The van der Waals surface area contributed by atoms with Crippen molar-refractivity contribution in [3.63, 3.8) is 0 Å². The zero-order valence-corrected chi connectivity index (χ0v) is 19.4. The third-order valence-electron chi connectivity index (χ3n) is 4.84. The Hall–Kier alpha value is -2.27. The number of benzene rings is 2. The van der Waals surface area contributed by atoms with Gasteiger partial charge < -0.3 is 10.2 Å². The normalized spacial score (nSPS) is 11.9. The summed E-state index contributed by atoms with van der Waals surface area (Å²) in [4.78, 5) is 27.8. The van der Waals surface area contributed by atoms with Crippen molar-refractivity contribution in [3.8, 4) is 0 Å². The van der Waals surface area contributed by atoms with E-state index in [2.05, 4.69) is 37.4 Å². The van der Waals surface area contributed by atoms with Crippen LogP contribution in [0.5, 0.6) is 0 Å². The van der Waals surface area contributed by atoms with Crippen molar-refractivity contribution in [2.24, 2.45) is 5.92 Å². The van der Waals surface area contributed by atoms with Crippen molar-refractivity contribution in [3.05, 3.63) is 71.3 Å². The molecule has 0 spiro atoms. The van der Waals surface area contributed by atoms with Crippen molar-refractivity contribution in [1.82, 2.24) is 10.2 Å². The summed E-state index contributed by atoms with van der Waals surface area (Å²) in [6, 6.07) is 17.8. The van der Waals surface area contributed by atoms with Gasteiger partial charge in [-0.2, -0.15) is 0 Å². The van der Waals surface area contributed by atoms with Crippen LogP contribution in [0.2, 0.25) is 0 Å². The van der Waals surface area contributed by atoms with Gasteiger partial charge in [0.05, 0.1) is 5.75 Å². The molecule has 0 aliphatic rings. The van der Waals surface area contributed by atoms with Crippen LogP contribution in [0.4, 0.5) is 0 Å². The number of nitrogens with zero attached hydrogens (tertiary/aromatic N) is 1. The van der Waals surface area contributed by atoms with Crippen molar-refractivity contribution < 1.29 is 9.59 Å². The van der Waals surface area contributed by atoms with Gasteiger partial charge in [0, 0.05) is 18.8 Å². The van der Waals surface area contributed by atoms with E-state index >= 15 is 0 Å². The number of aryl methyl sites for hydroxylation is 1. The van der Waals surface area contributed by atoms with Gasteiger partial charge in [0.15, 0.2) is 0 Å². The van der Waals surface area contributed by atoms with E-state index in [0.29, 0.717) is 31.2 Å². The fourth-order valence-electron chi connectivity index (χ4n) is 3.26. The number of thioether (sulfide) groups is 1. The summed E-state index contributed by atoms with van der Waals surface area (Å²) in [6.07, 6.45) is 0.588. The minimum absolute atomic E-state index is 0.00369. The minimum atomic E-state index is -0.464. The molecule has 0 fully saturated rings. The first kappa shape index (κ1) is 24.0. The Kier molecular flexibility index (Phi) is 9.95. The Balaban J connectivity index is 2.11. The maximum absolute atomic E-state index is 13.2. The van der Waals surface area contributed by atoms with Crippen LogP contribution >= 0.6 is 11.8 Å². The van der Waals surface area contributed by atoms with Crippen LogP contribution in [-0.2, 0) is 21.9 Å². The molecule has 0 radical (unpaired) electrons. The SMILES string of the molecule is CC[C@@H](C(=O)NCC(C)C)N(Cc1cccc(C)c1)C(=O)CSCc1ccccc1. The number of carbonyl (C=O) groups is 2. The van der Waals surface area contributed by atoms with Crippen LogP contribution in [0, 0.1) is 12.8 Å². The summed E-state index contributed by atoms with van der Waals surface area (Å²) in [5.41, 5.74) is 3.39. The van der Waals surface area contributed by atoms with Crippen molar-refractivity contribution in [2.45, 2.75) is 52.5 Å². The molecule has 0 aliphatic carbocycles. The van der Waals surface area contributed by atoms with E-state index in [-0.39, 0.29) is 11.8 Å². The highest BCUT2D eigenvalue weighted by Crippen LogP contribution is 2.18. The maximum Gasteiger partial charge on any atom is 0.242 e. The molecule has 162 valence electrons. The molecule has 1 N–H and O–H groups in total. The Labute approximate surface area is 185 Å². The highest BCUT2D eigenvalue weighted by Gasteiger charge is 2.28. The molecule has 0 aromatic heterocycles. The topological polar surface area (TPSA) is 49.4 Å². The second-order valence-corrected chi connectivity index (χ2v) is 9.04. The second-order valence-electron chi connectivity index (χ2n) is 8.05. The molecule has 2 aromatic rings. The van der Waals surface area contributed by atoms with Crippen molar-refractivity contribution in [1.29, 1.82) is 0 Å². The molecule has 4 nitrogen and oxygen atoms in total. The standard InChI is InChI=1S/C25H34N2O2S/c1-5-23(25(29)26-15-19(2)3)27(16-22-13-9-10-20(4)14-22)24(28)18-30-17-21-11-7-6-8-12-21/h6-14,19,23H,5,15-18H2,1-4H3,(H,26,29)/t23-/m0/s1. The largest absolute Gasteiger partial charge is 0.354 e. The first-order valence-electron chi connectivity index (χ1n) is 10.6. The predicted molar refractivity (Wildman–Crippen MR) is 126 cm³/mol. The maximum atomic E-state index is 13.2. The van der Waals surface area contributed by atoms with Gasteiger partial charge in [-0.25, -0.2) is 0 Å². The molecule has 2 rings (SSSR count). The van der Waals surface area contributed by atoms with Crippen LogP contribution < -0.4 is 5.32 Å². The highest BCUT2D eigenvalue weighted by molar-refractivity contribution is 7.99. The van der Waals surface area contributed by atoms with Crippen LogP contribution in [0.3, 0.4) is 0 Å². The smallest absolute Gasteiger partial charge is 0.242 e. The lowest BCUT2D eigenvalue weighted by Crippen LogP contribution is -2.50. The molecule has 0 aliphatic heterocycles. The van der Waals surface area contributed by atoms with Gasteiger partial charge in [-0.05, 0) is 30.4 Å². The van der Waals surface area contributed by atoms with Gasteiger partial charge in [-0.1, -0.05) is 80.9 Å². The zero-order valence-electron chi connectivity index (χ0n) is 18.6. The van der Waals surface area contributed by atoms with E-state index < -0.39 is 6.04 Å². The Morgan fingerprint density at radius 1 is 1.03 bits per heavy atom. The molecule has 30 heavy (non-hydrogen) atoms. The molecule has 1 atom stereocenters. The fourth-order valence-corrected chi connectivity index (χ4v) is 4.13. The van der Waals surface area contributed by atoms with Gasteiger partial charge in [0.25, 0.3) is 0 Å². The molecular formula is C25H34N2O2S. The summed E-state index contributed by atoms with van der Waals surface area (Å²) < 4.78 is 0. The van der Waals surface area contributed by atoms with E-state index in [0.717, 1.165) is 16.9 Å². The first-order chi connectivity index (χ1) is 14.4. The molecule has 2 amide bonds. The third kappa shape index (κ3) is 7.86. The monoisotopic (exact) mass is 426 g/mol. The van der Waals surface area contributed by atoms with Crippen LogP contribution in [0.1, 0.15) is 43.9 Å². The average Bonchev–Trinajstić information content (AvgIpc) is 2.72. The summed E-state index contributed by atoms with van der Waals surface area (Å²) in [5, 5.41) is 3.01. The van der Waals surface area contributed by atoms with Gasteiger partial charge in [0.2, 0.25) is 11.8 Å². The van der Waals surface area contributed by atoms with Crippen LogP contribution in [0.25, 0.3) is 0 Å². The average molecular weight is 427 g/mol. The molecule has 2 aromatic carbocycles. The van der Waals surface area contributed by atoms with Crippen molar-refractivity contribution >= 4 is 23.6 Å². The molecule has 5 heteroatoms. The van der Waals surface area contributed by atoms with Gasteiger partial charge in [0.1, 0.15) is 6.04 Å². The van der Waals surface area contributed by atoms with E-state index in [1.807, 2.05) is 50.2 Å². The lowest BCUT2D eigenvalue weighted by Gasteiger charge is -2.31. The first-order valence-corrected chi connectivity index (χ1v) is 11.8. The number of rotatable bonds is 11. The van der Waals surface area contributed by atoms with Crippen molar-refractivity contribution in [2.75, 3.05) is 12.3 Å². The Morgan fingerprint density at radius 3 is 2.37 bits per heavy atom. The summed E-state index contributed by atoms with van der Waals surface area (Å²) in [7, 11) is 0. The number of hydrogen-bond acceptors (Lipinski definition) is 3. The van der Waals surface area contributed by atoms with E-state index in [1.165, 1.54) is 5.56 Å². The lowest BCUT2D eigenvalue weighted by molar-refractivity contribution is -0.139. The van der Waals surface area contributed by atoms with Crippen LogP contribution in [-0.4, -0.2) is 35.1 Å². The molecule has 0 bridgehead atoms. The second kappa shape index (κ2) is 12.4. The molecule has 0 saturated heterocycles. The molecule has 0 heterocycles. The van der Waals surface area contributed by atoms with Crippen LogP contribution in [0.15, 0.2) is 54.6 Å². The zero-order chi connectivity index (χ0) is 21.9. The van der Waals surface area contributed by atoms with Gasteiger partial charge in [-0.15, -0.1) is 11.8 Å². The summed E-state index contributed by atoms with van der Waals surface area (Å²) in [5.74, 6) is 1.44. The van der Waals surface area contributed by atoms with E-state index in [1.54, 1.807) is 16.7 Å². The number of hydrogen-bond donors (Lipinski definition) is 1. The van der Waals surface area contributed by atoms with Gasteiger partial charge >= 0.3 is 0 Å². The summed E-state index contributed by atoms with van der Waals surface area (Å²) >= 11 is 1.59. The Bertz CT molecular complexity index is 808. The minimum Gasteiger partial charge on any atom is -0.354 e. The third-order valence-corrected chi connectivity index (χ3v) is 5.83. The molecule has 0 saturated carbocycles. The predicted octanol–water partition coefficient (Wildman–Crippen LogP) is 4.81. The lowest BCUT2D eigenvalue weighted by atomic mass is 10.1. The van der Waals surface area contributed by atoms with Gasteiger partial charge in [-0.3, -0.25) is 9.59 Å². The quantitative estimate of drug-likeness (QED) is 0.561. The van der Waals surface area contributed by atoms with E-state index in [9.17, 15) is 9.59 Å². The Morgan fingerprint density at radius 2 is 1.73 bits per heavy atom. The van der Waals surface area contributed by atoms with E-state index in [4.69, 9.17) is 0 Å². The number of amides is 2. The molecule has 0 unspecified atom stereocenters. The number of nitrogens with one attached hydrogen (secondary N) is 1. The summed E-state index contributed by atoms with van der Waals surface area (Å²) in [6.45, 7) is 9.20. The number of carbonyl (C=O) groups excluding carboxylic acids is 2. The molecular weight excluding hydrogens is 392 g/mol. The highest BCUT2D eigenvalue weighted by atomic mass is 32.2.